The van der Waals surface area contributed by atoms with Gasteiger partial charge in [-0.25, -0.2) is 0 Å². The Morgan fingerprint density at radius 2 is 2.27 bits per heavy atom. The van der Waals surface area contributed by atoms with Crippen LogP contribution in [0.5, 0.6) is 0 Å². The number of carboxylic acids is 1. The van der Waals surface area contributed by atoms with Gasteiger partial charge in [0.1, 0.15) is 13.1 Å². The number of carboxylic acid groups (broad SMARTS) is 1. The summed E-state index contributed by atoms with van der Waals surface area (Å²) in [6.45, 7) is 1.14. The topological polar surface area (TPSA) is 88.4 Å². The molecule has 0 radical (unpaired) electrons. The van der Waals surface area contributed by atoms with Gasteiger partial charge in [-0.05, 0) is 6.92 Å². The Labute approximate surface area is 89.2 Å². The highest BCUT2D eigenvalue weighted by Gasteiger charge is 2.08. The molecule has 0 fully saturated rings. The van der Waals surface area contributed by atoms with Gasteiger partial charge in [-0.3, -0.25) is 19.0 Å². The monoisotopic (exact) mass is 230 g/mol. The van der Waals surface area contributed by atoms with Crippen molar-refractivity contribution in [3.8, 4) is 0 Å². The lowest BCUT2D eigenvalue weighted by atomic mass is 10.5. The fourth-order valence-electron chi connectivity index (χ4n) is 0.970. The van der Waals surface area contributed by atoms with E-state index in [4.69, 9.17) is 5.11 Å². The zero-order valence-electron chi connectivity index (χ0n) is 8.02. The van der Waals surface area contributed by atoms with Crippen LogP contribution in [0.3, 0.4) is 0 Å². The minimum Gasteiger partial charge on any atom is -0.480 e. The Balaban J connectivity index is 2.59. The second-order valence-electron chi connectivity index (χ2n) is 2.90. The molecule has 0 saturated heterocycles. The van der Waals surface area contributed by atoms with E-state index >= 15 is 0 Å². The van der Waals surface area contributed by atoms with E-state index in [1.165, 1.54) is 4.57 Å². The van der Waals surface area contributed by atoms with Crippen molar-refractivity contribution < 1.29 is 14.7 Å². The van der Waals surface area contributed by atoms with E-state index in [-0.39, 0.29) is 11.4 Å². The lowest BCUT2D eigenvalue weighted by Crippen LogP contribution is -2.34. The van der Waals surface area contributed by atoms with E-state index in [1.807, 2.05) is 0 Å². The number of aromatic nitrogens is 1. The van der Waals surface area contributed by atoms with Crippen LogP contribution in [0.4, 0.5) is 0 Å². The fourth-order valence-corrected chi connectivity index (χ4v) is 1.70. The van der Waals surface area contributed by atoms with Gasteiger partial charge in [0.2, 0.25) is 5.91 Å². The molecule has 1 rings (SSSR count). The van der Waals surface area contributed by atoms with Crippen molar-refractivity contribution in [3.05, 3.63) is 20.7 Å². The van der Waals surface area contributed by atoms with Crippen LogP contribution in [0.1, 0.15) is 5.69 Å². The molecule has 1 aromatic heterocycles. The maximum atomic E-state index is 11.2. The molecule has 0 aliphatic carbocycles. The molecule has 0 unspecified atom stereocenters. The van der Waals surface area contributed by atoms with Gasteiger partial charge in [0.25, 0.3) is 0 Å². The summed E-state index contributed by atoms with van der Waals surface area (Å²) >= 11 is 1.01. The lowest BCUT2D eigenvalue weighted by molar-refractivity contribution is -0.138. The van der Waals surface area contributed by atoms with Gasteiger partial charge < -0.3 is 10.4 Å². The summed E-state index contributed by atoms with van der Waals surface area (Å²) < 4.78 is 1.29. The second kappa shape index (κ2) is 4.74. The SMILES string of the molecule is Cc1csc(=O)n1CC(=O)NCC(=O)O. The standard InChI is InChI=1S/C8H10N2O4S/c1-5-4-15-8(14)10(5)3-6(11)9-2-7(12)13/h4H,2-3H2,1H3,(H,9,11)(H,12,13). The summed E-state index contributed by atoms with van der Waals surface area (Å²) in [7, 11) is 0. The first kappa shape index (κ1) is 11.4. The maximum absolute atomic E-state index is 11.2. The number of hydrogen-bond donors (Lipinski definition) is 2. The van der Waals surface area contributed by atoms with E-state index in [0.29, 0.717) is 5.69 Å². The average molecular weight is 230 g/mol. The Morgan fingerprint density at radius 3 is 2.73 bits per heavy atom. The van der Waals surface area contributed by atoms with E-state index in [9.17, 15) is 14.4 Å². The molecule has 2 N–H and O–H groups in total. The molecule has 1 aromatic rings. The van der Waals surface area contributed by atoms with Gasteiger partial charge >= 0.3 is 10.8 Å². The number of rotatable bonds is 4. The highest BCUT2D eigenvalue weighted by atomic mass is 32.1. The summed E-state index contributed by atoms with van der Waals surface area (Å²) in [5.74, 6) is -1.60. The van der Waals surface area contributed by atoms with Crippen molar-refractivity contribution in [3.63, 3.8) is 0 Å². The van der Waals surface area contributed by atoms with E-state index in [2.05, 4.69) is 5.32 Å². The molecule has 1 heterocycles. The molecule has 0 aliphatic rings. The first-order chi connectivity index (χ1) is 7.00. The summed E-state index contributed by atoms with van der Waals surface area (Å²) in [5.41, 5.74) is 0.690. The van der Waals surface area contributed by atoms with Crippen LogP contribution in [0.25, 0.3) is 0 Å². The van der Waals surface area contributed by atoms with E-state index in [0.717, 1.165) is 11.3 Å². The molecule has 0 bridgehead atoms. The second-order valence-corrected chi connectivity index (χ2v) is 3.72. The smallest absolute Gasteiger partial charge is 0.322 e. The molecule has 15 heavy (non-hydrogen) atoms. The number of amides is 1. The summed E-state index contributed by atoms with van der Waals surface area (Å²) in [4.78, 5) is 32.3. The third kappa shape index (κ3) is 3.21. The minimum absolute atomic E-state index is 0.137. The quantitative estimate of drug-likeness (QED) is 0.724. The van der Waals surface area contributed by atoms with Crippen LogP contribution in [0, 0.1) is 6.92 Å². The van der Waals surface area contributed by atoms with Crippen molar-refractivity contribution in [1.82, 2.24) is 9.88 Å². The number of carbonyl (C=O) groups is 2. The molecule has 1 amide bonds. The Morgan fingerprint density at radius 1 is 1.60 bits per heavy atom. The number of carbonyl (C=O) groups excluding carboxylic acids is 1. The first-order valence-corrected chi connectivity index (χ1v) is 5.02. The van der Waals surface area contributed by atoms with Gasteiger partial charge in [-0.1, -0.05) is 11.3 Å². The van der Waals surface area contributed by atoms with Crippen molar-refractivity contribution in [1.29, 1.82) is 0 Å². The van der Waals surface area contributed by atoms with Gasteiger partial charge in [0, 0.05) is 11.1 Å². The lowest BCUT2D eigenvalue weighted by Gasteiger charge is -2.04. The van der Waals surface area contributed by atoms with Crippen molar-refractivity contribution in [2.24, 2.45) is 0 Å². The zero-order chi connectivity index (χ0) is 11.4. The molecule has 6 nitrogen and oxygen atoms in total. The predicted molar refractivity (Wildman–Crippen MR) is 54.0 cm³/mol. The van der Waals surface area contributed by atoms with Gasteiger partial charge in [0.15, 0.2) is 0 Å². The van der Waals surface area contributed by atoms with E-state index in [1.54, 1.807) is 12.3 Å². The fraction of sp³-hybridized carbons (Fsp3) is 0.375. The number of aliphatic carboxylic acids is 1. The molecule has 0 aromatic carbocycles. The zero-order valence-corrected chi connectivity index (χ0v) is 8.84. The maximum Gasteiger partial charge on any atom is 0.322 e. The van der Waals surface area contributed by atoms with Gasteiger partial charge in [0.05, 0.1) is 0 Å². The third-order valence-electron chi connectivity index (χ3n) is 1.71. The minimum atomic E-state index is -1.11. The molecule has 0 aliphatic heterocycles. The molecule has 0 atom stereocenters. The summed E-state index contributed by atoms with van der Waals surface area (Å²) in [5, 5.41) is 12.1. The first-order valence-electron chi connectivity index (χ1n) is 4.14. The van der Waals surface area contributed by atoms with Crippen LogP contribution in [0.15, 0.2) is 10.2 Å². The van der Waals surface area contributed by atoms with Crippen LogP contribution in [-0.2, 0) is 16.1 Å². The van der Waals surface area contributed by atoms with Crippen LogP contribution >= 0.6 is 11.3 Å². The molecular weight excluding hydrogens is 220 g/mol. The number of hydrogen-bond acceptors (Lipinski definition) is 4. The van der Waals surface area contributed by atoms with Gasteiger partial charge in [-0.15, -0.1) is 0 Å². The Kier molecular flexibility index (Phi) is 3.62. The Hall–Kier alpha value is -1.63. The van der Waals surface area contributed by atoms with Gasteiger partial charge in [-0.2, -0.15) is 0 Å². The highest BCUT2D eigenvalue weighted by molar-refractivity contribution is 7.07. The molecule has 0 spiro atoms. The molecule has 0 saturated carbocycles. The third-order valence-corrected chi connectivity index (χ3v) is 2.60. The average Bonchev–Trinajstić information content (AvgIpc) is 2.46. The van der Waals surface area contributed by atoms with Crippen molar-refractivity contribution >= 4 is 23.2 Å². The van der Waals surface area contributed by atoms with Crippen molar-refractivity contribution in [2.75, 3.05) is 6.54 Å². The normalized spacial score (nSPS) is 9.93. The summed E-state index contributed by atoms with van der Waals surface area (Å²) in [6, 6.07) is 0. The Bertz CT molecular complexity index is 434. The van der Waals surface area contributed by atoms with Crippen LogP contribution < -0.4 is 10.2 Å². The molecule has 7 heteroatoms. The van der Waals surface area contributed by atoms with Crippen molar-refractivity contribution in [2.45, 2.75) is 13.5 Å². The number of aryl methyl sites for hydroxylation is 1. The number of thiazole rings is 1. The van der Waals surface area contributed by atoms with Crippen LogP contribution in [0.2, 0.25) is 0 Å². The van der Waals surface area contributed by atoms with E-state index < -0.39 is 18.4 Å². The van der Waals surface area contributed by atoms with Crippen LogP contribution in [-0.4, -0.2) is 28.1 Å². The molecular formula is C8H10N2O4S. The predicted octanol–water partition coefficient (Wildman–Crippen LogP) is -0.581. The molecule has 82 valence electrons. The largest absolute Gasteiger partial charge is 0.480 e. The number of nitrogens with zero attached hydrogens (tertiary/aromatic N) is 1. The highest BCUT2D eigenvalue weighted by Crippen LogP contribution is 1.98. The number of nitrogens with one attached hydrogen (secondary N) is 1. The summed E-state index contributed by atoms with van der Waals surface area (Å²) in [6.07, 6.45) is 0.